The number of benzene rings is 2. The number of hydrogen-bond donors (Lipinski definition) is 0. The normalized spacial score (nSPS) is 18.8. The van der Waals surface area contributed by atoms with Gasteiger partial charge in [-0.2, -0.15) is 0 Å². The Morgan fingerprint density at radius 2 is 1.79 bits per heavy atom. The zero-order chi connectivity index (χ0) is 24.1. The summed E-state index contributed by atoms with van der Waals surface area (Å²) in [5.74, 6) is 0.552. The summed E-state index contributed by atoms with van der Waals surface area (Å²) in [4.78, 5) is 33.3. The van der Waals surface area contributed by atoms with Crippen LogP contribution >= 0.6 is 35.3 Å². The second-order valence-corrected chi connectivity index (χ2v) is 10.1. The van der Waals surface area contributed by atoms with Gasteiger partial charge in [-0.05, 0) is 43.4 Å². The van der Waals surface area contributed by atoms with Crippen LogP contribution < -0.4 is 29.3 Å². The number of ether oxygens (including phenoxy) is 1. The molecule has 3 heterocycles. The average molecular weight is 511 g/mol. The first kappa shape index (κ1) is 22.7. The van der Waals surface area contributed by atoms with Crippen molar-refractivity contribution in [2.45, 2.75) is 11.8 Å². The Hall–Kier alpha value is -3.08. The Morgan fingerprint density at radius 3 is 2.47 bits per heavy atom. The van der Waals surface area contributed by atoms with E-state index in [1.807, 2.05) is 67.4 Å². The maximum atomic E-state index is 13.5. The van der Waals surface area contributed by atoms with Crippen LogP contribution in [0.15, 0.2) is 58.2 Å². The van der Waals surface area contributed by atoms with Crippen molar-refractivity contribution in [1.82, 2.24) is 9.47 Å². The molecule has 7 nitrogen and oxygen atoms in total. The van der Waals surface area contributed by atoms with Gasteiger partial charge in [-0.25, -0.2) is 0 Å². The summed E-state index contributed by atoms with van der Waals surface area (Å²) in [7, 11) is 5.27. The fourth-order valence-corrected chi connectivity index (χ4v) is 6.91. The number of nitrogens with zero attached hydrogens (tertiary/aromatic N) is 4. The highest BCUT2D eigenvalue weighted by Gasteiger charge is 2.40. The Balaban J connectivity index is 1.76. The molecule has 1 aromatic heterocycles. The molecular formula is C24H22N4O3S3. The number of hydrogen-bond acceptors (Lipinski definition) is 7. The quantitative estimate of drug-likeness (QED) is 0.502. The number of thiazole rings is 1. The van der Waals surface area contributed by atoms with E-state index in [0.29, 0.717) is 26.5 Å². The van der Waals surface area contributed by atoms with Crippen molar-refractivity contribution in [3.8, 4) is 5.75 Å². The maximum Gasteiger partial charge on any atom is 0.280 e. The Kier molecular flexibility index (Phi) is 5.75. The van der Waals surface area contributed by atoms with Gasteiger partial charge in [0.1, 0.15) is 25.7 Å². The predicted molar refractivity (Wildman–Crippen MR) is 142 cm³/mol. The molecule has 0 spiro atoms. The number of anilines is 2. The van der Waals surface area contributed by atoms with Crippen LogP contribution in [0.3, 0.4) is 0 Å². The number of thiocarbonyl (C=S) groups is 1. The number of rotatable bonds is 3. The maximum absolute atomic E-state index is 13.5. The molecule has 3 aromatic rings. The van der Waals surface area contributed by atoms with Crippen molar-refractivity contribution in [3.05, 3.63) is 68.1 Å². The minimum absolute atomic E-state index is 0.150. The number of fused-ring (bicyclic) bond motifs is 1. The molecule has 0 bridgehead atoms. The van der Waals surface area contributed by atoms with E-state index in [1.54, 1.807) is 28.5 Å². The van der Waals surface area contributed by atoms with Crippen LogP contribution in [-0.2, 0) is 11.8 Å². The van der Waals surface area contributed by atoms with Crippen LogP contribution in [0.5, 0.6) is 5.75 Å². The lowest BCUT2D eigenvalue weighted by Gasteiger charge is -2.19. The third-order valence-corrected chi connectivity index (χ3v) is 8.86. The Bertz CT molecular complexity index is 1510. The standard InChI is InChI=1S/C24H22N4O3S3/c1-5-27-20(29)18(28(24(27)32)14-9-7-6-8-10-14)22-26(3)21(30)19(34-22)23-25(2)16-13-15(31-4)11-12-17(16)33-23/h6-13H,5H2,1-4H3/b22-18+,23-19-. The van der Waals surface area contributed by atoms with E-state index in [0.717, 1.165) is 27.0 Å². The first-order valence-corrected chi connectivity index (χ1v) is 12.7. The van der Waals surface area contributed by atoms with Crippen LogP contribution in [-0.4, -0.2) is 41.2 Å². The van der Waals surface area contributed by atoms with Crippen molar-refractivity contribution < 1.29 is 9.53 Å². The van der Waals surface area contributed by atoms with Gasteiger partial charge in [-0.3, -0.25) is 19.4 Å². The first-order chi connectivity index (χ1) is 16.4. The number of likely N-dealkylation sites (N-methyl/N-ethyl adjacent to an activating group) is 1. The molecule has 0 saturated carbocycles. The monoisotopic (exact) mass is 510 g/mol. The van der Waals surface area contributed by atoms with Gasteiger partial charge in [-0.1, -0.05) is 30.0 Å². The van der Waals surface area contributed by atoms with Crippen LogP contribution in [0.4, 0.5) is 11.4 Å². The average Bonchev–Trinajstić information content (AvgIpc) is 3.42. The summed E-state index contributed by atoms with van der Waals surface area (Å²) in [6, 6.07) is 15.4. The molecule has 1 fully saturated rings. The van der Waals surface area contributed by atoms with Crippen molar-refractivity contribution in [2.24, 2.45) is 7.05 Å². The second-order valence-electron chi connectivity index (χ2n) is 7.75. The van der Waals surface area contributed by atoms with Crippen LogP contribution in [0, 0.1) is 0 Å². The molecule has 2 aliphatic heterocycles. The molecule has 2 aromatic carbocycles. The zero-order valence-corrected chi connectivity index (χ0v) is 21.5. The minimum atomic E-state index is -0.204. The number of thioether (sulfide) groups is 1. The van der Waals surface area contributed by atoms with Crippen LogP contribution in [0.1, 0.15) is 6.92 Å². The zero-order valence-electron chi connectivity index (χ0n) is 19.1. The number of aromatic nitrogens is 1. The fraction of sp³-hybridized carbons (Fsp3) is 0.208. The molecule has 2 aliphatic rings. The van der Waals surface area contributed by atoms with Gasteiger partial charge in [0.15, 0.2) is 5.11 Å². The molecule has 34 heavy (non-hydrogen) atoms. The molecule has 10 heteroatoms. The van der Waals surface area contributed by atoms with E-state index in [-0.39, 0.29) is 11.5 Å². The van der Waals surface area contributed by atoms with Crippen LogP contribution in [0.2, 0.25) is 0 Å². The SMILES string of the molecule is CCN1C(=O)/C(=c2\s/c(=C3\Sc4ccc(OC)cc4N3C)c(=O)n2C)N(c2ccccc2)C1=S. The molecule has 5 rings (SSSR count). The molecule has 1 saturated heterocycles. The molecule has 0 atom stereocenters. The van der Waals surface area contributed by atoms with Crippen molar-refractivity contribution in [1.29, 1.82) is 0 Å². The number of methoxy groups -OCH3 is 1. The molecular weight excluding hydrogens is 488 g/mol. The summed E-state index contributed by atoms with van der Waals surface area (Å²) in [6.07, 6.45) is 0. The largest absolute Gasteiger partial charge is 0.497 e. The molecule has 0 aliphatic carbocycles. The minimum Gasteiger partial charge on any atom is -0.497 e. The highest BCUT2D eigenvalue weighted by molar-refractivity contribution is 8.08. The van der Waals surface area contributed by atoms with Crippen LogP contribution in [0.25, 0.3) is 10.7 Å². The number of carbonyl (C=O) groups excluding carboxylic acids is 1. The Morgan fingerprint density at radius 1 is 1.06 bits per heavy atom. The molecule has 1 amide bonds. The Labute approximate surface area is 210 Å². The van der Waals surface area contributed by atoms with Gasteiger partial charge in [0.05, 0.1) is 12.8 Å². The lowest BCUT2D eigenvalue weighted by Crippen LogP contribution is -2.34. The van der Waals surface area contributed by atoms with Gasteiger partial charge in [0, 0.05) is 37.3 Å². The summed E-state index contributed by atoms with van der Waals surface area (Å²) < 4.78 is 8.07. The second kappa shape index (κ2) is 8.61. The van der Waals surface area contributed by atoms with E-state index in [9.17, 15) is 9.59 Å². The van der Waals surface area contributed by atoms with Crippen molar-refractivity contribution in [3.63, 3.8) is 0 Å². The van der Waals surface area contributed by atoms with E-state index in [2.05, 4.69) is 0 Å². The lowest BCUT2D eigenvalue weighted by atomic mass is 10.3. The van der Waals surface area contributed by atoms with E-state index < -0.39 is 0 Å². The predicted octanol–water partition coefficient (Wildman–Crippen LogP) is 2.53. The smallest absolute Gasteiger partial charge is 0.280 e. The highest BCUT2D eigenvalue weighted by atomic mass is 32.2. The summed E-state index contributed by atoms with van der Waals surface area (Å²) in [5.41, 5.74) is 2.02. The number of carbonyl (C=O) groups is 1. The van der Waals surface area contributed by atoms with E-state index in [1.165, 1.54) is 23.1 Å². The first-order valence-electron chi connectivity index (χ1n) is 10.6. The number of amides is 1. The molecule has 174 valence electrons. The van der Waals surface area contributed by atoms with Gasteiger partial charge < -0.3 is 14.2 Å². The van der Waals surface area contributed by atoms with E-state index >= 15 is 0 Å². The van der Waals surface area contributed by atoms with Gasteiger partial charge in [0.2, 0.25) is 0 Å². The summed E-state index contributed by atoms with van der Waals surface area (Å²) >= 11 is 8.53. The summed E-state index contributed by atoms with van der Waals surface area (Å²) in [5, 5.41) is 1.24. The van der Waals surface area contributed by atoms with Gasteiger partial charge in [-0.15, -0.1) is 11.3 Å². The topological polar surface area (TPSA) is 58.0 Å². The van der Waals surface area contributed by atoms with Crippen molar-refractivity contribution in [2.75, 3.05) is 30.5 Å². The fourth-order valence-electron chi connectivity index (χ4n) is 4.06. The molecule has 0 N–H and O–H groups in total. The molecule has 0 unspecified atom stereocenters. The molecule has 0 radical (unpaired) electrons. The van der Waals surface area contributed by atoms with E-state index in [4.69, 9.17) is 17.0 Å². The third-order valence-electron chi connectivity index (χ3n) is 5.86. The van der Waals surface area contributed by atoms with Crippen molar-refractivity contribution >= 4 is 68.4 Å². The third kappa shape index (κ3) is 3.36. The lowest BCUT2D eigenvalue weighted by molar-refractivity contribution is -0.120. The highest BCUT2D eigenvalue weighted by Crippen LogP contribution is 2.46. The van der Waals surface area contributed by atoms with Gasteiger partial charge >= 0.3 is 0 Å². The summed E-state index contributed by atoms with van der Waals surface area (Å²) in [6.45, 7) is 2.34. The van der Waals surface area contributed by atoms with Gasteiger partial charge in [0.25, 0.3) is 11.5 Å². The number of para-hydroxylation sites is 1.